The minimum absolute atomic E-state index is 0.826. The van der Waals surface area contributed by atoms with Crippen LogP contribution in [0, 0.1) is 27.7 Å². The van der Waals surface area contributed by atoms with Gasteiger partial charge in [0.25, 0.3) is 0 Å². The Morgan fingerprint density at radius 3 is 1.92 bits per heavy atom. The SMILES string of the molecule is Cc1ccc(Nc2cccc(Oc3ccc(C)c(C)c3)c2)cc1C. The van der Waals surface area contributed by atoms with E-state index in [2.05, 4.69) is 63.3 Å². The van der Waals surface area contributed by atoms with E-state index in [0.717, 1.165) is 22.9 Å². The number of ether oxygens (including phenoxy) is 1. The van der Waals surface area contributed by atoms with E-state index in [0.29, 0.717) is 0 Å². The Morgan fingerprint density at radius 1 is 0.583 bits per heavy atom. The zero-order chi connectivity index (χ0) is 17.1. The Labute approximate surface area is 144 Å². The Balaban J connectivity index is 1.78. The molecule has 0 unspecified atom stereocenters. The summed E-state index contributed by atoms with van der Waals surface area (Å²) in [5.74, 6) is 1.69. The van der Waals surface area contributed by atoms with Gasteiger partial charge in [-0.15, -0.1) is 0 Å². The van der Waals surface area contributed by atoms with E-state index in [1.54, 1.807) is 0 Å². The predicted octanol–water partition coefficient (Wildman–Crippen LogP) is 6.46. The van der Waals surface area contributed by atoms with Crippen LogP contribution in [0.1, 0.15) is 22.3 Å². The van der Waals surface area contributed by atoms with E-state index >= 15 is 0 Å². The van der Waals surface area contributed by atoms with Crippen LogP contribution >= 0.6 is 0 Å². The molecule has 0 fully saturated rings. The first-order valence-electron chi connectivity index (χ1n) is 8.21. The van der Waals surface area contributed by atoms with Gasteiger partial charge >= 0.3 is 0 Å². The molecule has 0 aliphatic heterocycles. The standard InChI is InChI=1S/C22H23NO/c1-15-8-10-20(12-17(15)3)23-19-6-5-7-21(14-19)24-22-11-9-16(2)18(4)13-22/h5-14,23H,1-4H3. The smallest absolute Gasteiger partial charge is 0.129 e. The normalized spacial score (nSPS) is 10.5. The van der Waals surface area contributed by atoms with E-state index < -0.39 is 0 Å². The highest BCUT2D eigenvalue weighted by molar-refractivity contribution is 5.62. The van der Waals surface area contributed by atoms with Crippen LogP contribution in [0.2, 0.25) is 0 Å². The van der Waals surface area contributed by atoms with Gasteiger partial charge in [0, 0.05) is 17.4 Å². The zero-order valence-corrected chi connectivity index (χ0v) is 14.7. The summed E-state index contributed by atoms with van der Waals surface area (Å²) < 4.78 is 6.00. The zero-order valence-electron chi connectivity index (χ0n) is 14.7. The molecule has 0 saturated carbocycles. The van der Waals surface area contributed by atoms with E-state index in [1.165, 1.54) is 22.3 Å². The Bertz CT molecular complexity index is 799. The molecule has 122 valence electrons. The monoisotopic (exact) mass is 317 g/mol. The molecule has 0 aromatic heterocycles. The quantitative estimate of drug-likeness (QED) is 0.596. The molecule has 0 spiro atoms. The fourth-order valence-corrected chi connectivity index (χ4v) is 2.54. The molecule has 3 aromatic carbocycles. The third-order valence-corrected chi connectivity index (χ3v) is 4.34. The number of benzene rings is 3. The summed E-state index contributed by atoms with van der Waals surface area (Å²) in [6, 6.07) is 20.6. The fraction of sp³-hybridized carbons (Fsp3) is 0.182. The molecule has 0 atom stereocenters. The third-order valence-electron chi connectivity index (χ3n) is 4.34. The Hall–Kier alpha value is -2.74. The van der Waals surface area contributed by atoms with Crippen LogP contribution in [0.15, 0.2) is 60.7 Å². The van der Waals surface area contributed by atoms with Crippen molar-refractivity contribution in [3.63, 3.8) is 0 Å². The lowest BCUT2D eigenvalue weighted by Gasteiger charge is -2.12. The van der Waals surface area contributed by atoms with Crippen molar-refractivity contribution in [1.29, 1.82) is 0 Å². The highest BCUT2D eigenvalue weighted by Crippen LogP contribution is 2.27. The number of anilines is 2. The average molecular weight is 317 g/mol. The number of rotatable bonds is 4. The lowest BCUT2D eigenvalue weighted by Crippen LogP contribution is -1.93. The van der Waals surface area contributed by atoms with Crippen molar-refractivity contribution in [3.05, 3.63) is 82.9 Å². The van der Waals surface area contributed by atoms with Crippen molar-refractivity contribution in [2.75, 3.05) is 5.32 Å². The molecule has 0 aliphatic rings. The highest BCUT2D eigenvalue weighted by Gasteiger charge is 2.02. The maximum atomic E-state index is 6.00. The Morgan fingerprint density at radius 2 is 1.21 bits per heavy atom. The minimum atomic E-state index is 0.826. The second-order valence-electron chi connectivity index (χ2n) is 6.30. The van der Waals surface area contributed by atoms with Gasteiger partial charge in [-0.25, -0.2) is 0 Å². The van der Waals surface area contributed by atoms with E-state index in [1.807, 2.05) is 30.3 Å². The van der Waals surface area contributed by atoms with Crippen LogP contribution in [-0.4, -0.2) is 0 Å². The van der Waals surface area contributed by atoms with Gasteiger partial charge in [0.1, 0.15) is 11.5 Å². The molecular weight excluding hydrogens is 294 g/mol. The first-order valence-corrected chi connectivity index (χ1v) is 8.21. The van der Waals surface area contributed by atoms with Crippen molar-refractivity contribution in [1.82, 2.24) is 0 Å². The molecule has 3 aromatic rings. The number of hydrogen-bond acceptors (Lipinski definition) is 2. The van der Waals surface area contributed by atoms with Crippen LogP contribution in [0.3, 0.4) is 0 Å². The fourth-order valence-electron chi connectivity index (χ4n) is 2.54. The van der Waals surface area contributed by atoms with Crippen LogP contribution in [-0.2, 0) is 0 Å². The molecule has 1 N–H and O–H groups in total. The second-order valence-corrected chi connectivity index (χ2v) is 6.30. The van der Waals surface area contributed by atoms with Gasteiger partial charge in [-0.05, 0) is 86.3 Å². The predicted molar refractivity (Wildman–Crippen MR) is 102 cm³/mol. The molecule has 2 heteroatoms. The van der Waals surface area contributed by atoms with Gasteiger partial charge in [0.2, 0.25) is 0 Å². The van der Waals surface area contributed by atoms with Crippen LogP contribution < -0.4 is 10.1 Å². The summed E-state index contributed by atoms with van der Waals surface area (Å²) in [4.78, 5) is 0. The van der Waals surface area contributed by atoms with Gasteiger partial charge in [0.15, 0.2) is 0 Å². The number of aryl methyl sites for hydroxylation is 4. The first kappa shape index (κ1) is 16.1. The summed E-state index contributed by atoms with van der Waals surface area (Å²) in [6.07, 6.45) is 0. The van der Waals surface area contributed by atoms with Crippen molar-refractivity contribution in [2.24, 2.45) is 0 Å². The highest BCUT2D eigenvalue weighted by atomic mass is 16.5. The van der Waals surface area contributed by atoms with E-state index in [4.69, 9.17) is 4.74 Å². The number of hydrogen-bond donors (Lipinski definition) is 1. The lowest BCUT2D eigenvalue weighted by molar-refractivity contribution is 0.482. The summed E-state index contributed by atoms with van der Waals surface area (Å²) in [5.41, 5.74) is 7.18. The first-order chi connectivity index (χ1) is 11.5. The van der Waals surface area contributed by atoms with Gasteiger partial charge in [-0.2, -0.15) is 0 Å². The molecule has 0 saturated heterocycles. The van der Waals surface area contributed by atoms with Gasteiger partial charge in [-0.1, -0.05) is 18.2 Å². The van der Waals surface area contributed by atoms with Gasteiger partial charge in [0.05, 0.1) is 0 Å². The van der Waals surface area contributed by atoms with Crippen LogP contribution in [0.5, 0.6) is 11.5 Å². The molecule has 0 radical (unpaired) electrons. The second kappa shape index (κ2) is 6.79. The van der Waals surface area contributed by atoms with Crippen molar-refractivity contribution in [2.45, 2.75) is 27.7 Å². The summed E-state index contributed by atoms with van der Waals surface area (Å²) in [7, 11) is 0. The lowest BCUT2D eigenvalue weighted by atomic mass is 10.1. The van der Waals surface area contributed by atoms with Crippen molar-refractivity contribution < 1.29 is 4.74 Å². The number of nitrogens with one attached hydrogen (secondary N) is 1. The summed E-state index contributed by atoms with van der Waals surface area (Å²) in [6.45, 7) is 8.45. The third kappa shape index (κ3) is 3.77. The van der Waals surface area contributed by atoms with Crippen molar-refractivity contribution >= 4 is 11.4 Å². The van der Waals surface area contributed by atoms with Gasteiger partial charge in [-0.3, -0.25) is 0 Å². The molecular formula is C22H23NO. The molecule has 0 aliphatic carbocycles. The molecule has 0 amide bonds. The maximum absolute atomic E-state index is 6.00. The van der Waals surface area contributed by atoms with E-state index in [9.17, 15) is 0 Å². The van der Waals surface area contributed by atoms with Crippen molar-refractivity contribution in [3.8, 4) is 11.5 Å². The minimum Gasteiger partial charge on any atom is -0.457 e. The largest absolute Gasteiger partial charge is 0.457 e. The summed E-state index contributed by atoms with van der Waals surface area (Å²) >= 11 is 0. The average Bonchev–Trinajstić information content (AvgIpc) is 2.55. The van der Waals surface area contributed by atoms with E-state index in [-0.39, 0.29) is 0 Å². The summed E-state index contributed by atoms with van der Waals surface area (Å²) in [5, 5.41) is 3.44. The van der Waals surface area contributed by atoms with Crippen LogP contribution in [0.4, 0.5) is 11.4 Å². The van der Waals surface area contributed by atoms with Crippen LogP contribution in [0.25, 0.3) is 0 Å². The molecule has 0 bridgehead atoms. The molecule has 2 nitrogen and oxygen atoms in total. The molecule has 3 rings (SSSR count). The topological polar surface area (TPSA) is 21.3 Å². The Kier molecular flexibility index (Phi) is 4.57. The van der Waals surface area contributed by atoms with Gasteiger partial charge < -0.3 is 10.1 Å². The maximum Gasteiger partial charge on any atom is 0.129 e. The molecule has 24 heavy (non-hydrogen) atoms. The molecule has 0 heterocycles.